The molecule has 0 amide bonds. The molecule has 1 saturated carbocycles. The molecule has 0 aliphatic heterocycles. The number of Topliss-reactive ketones (excluding diaryl/α,β-unsaturated/α-hetero) is 1. The molecule has 0 bridgehead atoms. The van der Waals surface area contributed by atoms with Crippen molar-refractivity contribution in [3.8, 4) is 0 Å². The maximum absolute atomic E-state index is 12.6. The average Bonchev–Trinajstić information content (AvgIpc) is 2.46. The van der Waals surface area contributed by atoms with Gasteiger partial charge in [0.05, 0.1) is 0 Å². The number of carbonyl (C=O) groups excluding carboxylic acids is 1. The van der Waals surface area contributed by atoms with Crippen LogP contribution in [0.1, 0.15) is 61.9 Å². The normalized spacial score (nSPS) is 23.9. The van der Waals surface area contributed by atoms with Crippen molar-refractivity contribution in [2.24, 2.45) is 11.8 Å². The highest BCUT2D eigenvalue weighted by Crippen LogP contribution is 2.34. The van der Waals surface area contributed by atoms with Crippen LogP contribution in [0.15, 0.2) is 24.3 Å². The maximum atomic E-state index is 12.6. The minimum atomic E-state index is 0.274. The molecule has 1 fully saturated rings. The van der Waals surface area contributed by atoms with Crippen molar-refractivity contribution in [1.29, 1.82) is 0 Å². The number of carbonyl (C=O) groups is 1. The van der Waals surface area contributed by atoms with E-state index in [1.807, 2.05) is 12.1 Å². The van der Waals surface area contributed by atoms with Crippen molar-refractivity contribution >= 4 is 5.78 Å². The van der Waals surface area contributed by atoms with E-state index in [1.165, 1.54) is 24.8 Å². The molecule has 1 aliphatic rings. The molecule has 0 heterocycles. The number of hydrogen-bond donors (Lipinski definition) is 0. The summed E-state index contributed by atoms with van der Waals surface area (Å²) in [5.74, 6) is 1.26. The van der Waals surface area contributed by atoms with Crippen LogP contribution in [0, 0.1) is 11.8 Å². The Hall–Kier alpha value is -1.11. The molecule has 1 heteroatoms. The van der Waals surface area contributed by atoms with E-state index in [4.69, 9.17) is 0 Å². The van der Waals surface area contributed by atoms with Gasteiger partial charge in [-0.25, -0.2) is 0 Å². The minimum Gasteiger partial charge on any atom is -0.294 e. The third-order valence-corrected chi connectivity index (χ3v) is 4.42. The van der Waals surface area contributed by atoms with Crippen molar-refractivity contribution in [2.45, 2.75) is 52.4 Å². The average molecular weight is 244 g/mol. The predicted molar refractivity (Wildman–Crippen MR) is 75.9 cm³/mol. The Morgan fingerprint density at radius 1 is 1.11 bits per heavy atom. The zero-order valence-electron chi connectivity index (χ0n) is 11.6. The first-order valence-corrected chi connectivity index (χ1v) is 7.39. The summed E-state index contributed by atoms with van der Waals surface area (Å²) in [7, 11) is 0. The van der Waals surface area contributed by atoms with Gasteiger partial charge in [-0.2, -0.15) is 0 Å². The monoisotopic (exact) mass is 244 g/mol. The fourth-order valence-corrected chi connectivity index (χ4v) is 3.16. The number of hydrogen-bond acceptors (Lipinski definition) is 1. The van der Waals surface area contributed by atoms with Crippen LogP contribution in [0.2, 0.25) is 0 Å². The zero-order chi connectivity index (χ0) is 13.0. The van der Waals surface area contributed by atoms with Crippen LogP contribution in [-0.4, -0.2) is 5.78 Å². The fraction of sp³-hybridized carbons (Fsp3) is 0.588. The molecule has 0 radical (unpaired) electrons. The molecule has 1 nitrogen and oxygen atoms in total. The molecule has 2 unspecified atom stereocenters. The van der Waals surface area contributed by atoms with Gasteiger partial charge in [0.1, 0.15) is 0 Å². The van der Waals surface area contributed by atoms with E-state index < -0.39 is 0 Å². The van der Waals surface area contributed by atoms with Crippen molar-refractivity contribution in [2.75, 3.05) is 0 Å². The molecular weight excluding hydrogens is 220 g/mol. The molecule has 0 saturated heterocycles. The first-order valence-electron chi connectivity index (χ1n) is 7.39. The van der Waals surface area contributed by atoms with Crippen molar-refractivity contribution in [3.63, 3.8) is 0 Å². The maximum Gasteiger partial charge on any atom is 0.166 e. The Bertz CT molecular complexity index is 391. The Labute approximate surface area is 111 Å². The lowest BCUT2D eigenvalue weighted by Crippen LogP contribution is -2.26. The Kier molecular flexibility index (Phi) is 4.57. The van der Waals surface area contributed by atoms with E-state index in [2.05, 4.69) is 26.0 Å². The Balaban J connectivity index is 2.13. The highest BCUT2D eigenvalue weighted by molar-refractivity contribution is 5.98. The zero-order valence-corrected chi connectivity index (χ0v) is 11.6. The second kappa shape index (κ2) is 6.17. The van der Waals surface area contributed by atoms with Gasteiger partial charge >= 0.3 is 0 Å². The van der Waals surface area contributed by atoms with E-state index in [0.29, 0.717) is 11.7 Å². The summed E-state index contributed by atoms with van der Waals surface area (Å²) in [6, 6.07) is 8.22. The second-order valence-corrected chi connectivity index (χ2v) is 5.47. The van der Waals surface area contributed by atoms with Gasteiger partial charge in [0, 0.05) is 11.5 Å². The Morgan fingerprint density at radius 3 is 2.39 bits per heavy atom. The number of benzene rings is 1. The molecule has 0 aromatic heterocycles. The SMILES string of the molecule is CCc1ccc(C(=O)C2CCCCC2CC)cc1. The molecule has 0 spiro atoms. The van der Waals surface area contributed by atoms with Gasteiger partial charge in [0.15, 0.2) is 5.78 Å². The summed E-state index contributed by atoms with van der Waals surface area (Å²) in [6.45, 7) is 4.36. The van der Waals surface area contributed by atoms with Gasteiger partial charge in [-0.15, -0.1) is 0 Å². The van der Waals surface area contributed by atoms with Gasteiger partial charge in [0.2, 0.25) is 0 Å². The van der Waals surface area contributed by atoms with Crippen LogP contribution in [0.4, 0.5) is 0 Å². The van der Waals surface area contributed by atoms with Crippen LogP contribution < -0.4 is 0 Å². The molecule has 0 N–H and O–H groups in total. The standard InChI is InChI=1S/C17H24O/c1-3-13-9-11-15(12-10-13)17(18)16-8-6-5-7-14(16)4-2/h9-12,14,16H,3-8H2,1-2H3. The topological polar surface area (TPSA) is 17.1 Å². The van der Waals surface area contributed by atoms with E-state index in [-0.39, 0.29) is 5.92 Å². The summed E-state index contributed by atoms with van der Waals surface area (Å²) < 4.78 is 0. The van der Waals surface area contributed by atoms with Crippen LogP contribution in [0.3, 0.4) is 0 Å². The third-order valence-electron chi connectivity index (χ3n) is 4.42. The van der Waals surface area contributed by atoms with Crippen molar-refractivity contribution < 1.29 is 4.79 Å². The van der Waals surface area contributed by atoms with Crippen molar-refractivity contribution in [1.82, 2.24) is 0 Å². The van der Waals surface area contributed by atoms with Crippen LogP contribution >= 0.6 is 0 Å². The smallest absolute Gasteiger partial charge is 0.166 e. The van der Waals surface area contributed by atoms with E-state index in [9.17, 15) is 4.79 Å². The van der Waals surface area contributed by atoms with Gasteiger partial charge in [0.25, 0.3) is 0 Å². The quantitative estimate of drug-likeness (QED) is 0.705. The molecule has 98 valence electrons. The van der Waals surface area contributed by atoms with Gasteiger partial charge in [-0.05, 0) is 30.7 Å². The van der Waals surface area contributed by atoms with E-state index in [0.717, 1.165) is 24.8 Å². The van der Waals surface area contributed by atoms with Crippen LogP contribution in [-0.2, 0) is 6.42 Å². The highest BCUT2D eigenvalue weighted by Gasteiger charge is 2.29. The lowest BCUT2D eigenvalue weighted by atomic mass is 9.74. The number of ketones is 1. The summed E-state index contributed by atoms with van der Waals surface area (Å²) in [5, 5.41) is 0. The molecule has 1 aromatic rings. The molecule has 2 rings (SSSR count). The number of aryl methyl sites for hydroxylation is 1. The minimum absolute atomic E-state index is 0.274. The first-order chi connectivity index (χ1) is 8.76. The molecule has 1 aliphatic carbocycles. The van der Waals surface area contributed by atoms with Crippen molar-refractivity contribution in [3.05, 3.63) is 35.4 Å². The highest BCUT2D eigenvalue weighted by atomic mass is 16.1. The summed E-state index contributed by atoms with van der Waals surface area (Å²) in [4.78, 5) is 12.6. The fourth-order valence-electron chi connectivity index (χ4n) is 3.16. The number of rotatable bonds is 4. The molecular formula is C17H24O. The lowest BCUT2D eigenvalue weighted by molar-refractivity contribution is 0.0820. The molecule has 1 aromatic carbocycles. The van der Waals surface area contributed by atoms with Crippen LogP contribution in [0.25, 0.3) is 0 Å². The molecule has 2 atom stereocenters. The lowest BCUT2D eigenvalue weighted by Gasteiger charge is -2.29. The van der Waals surface area contributed by atoms with E-state index >= 15 is 0 Å². The molecule has 18 heavy (non-hydrogen) atoms. The Morgan fingerprint density at radius 2 is 1.78 bits per heavy atom. The van der Waals surface area contributed by atoms with Gasteiger partial charge in [-0.3, -0.25) is 4.79 Å². The van der Waals surface area contributed by atoms with Gasteiger partial charge < -0.3 is 0 Å². The van der Waals surface area contributed by atoms with Crippen LogP contribution in [0.5, 0.6) is 0 Å². The van der Waals surface area contributed by atoms with E-state index in [1.54, 1.807) is 0 Å². The predicted octanol–water partition coefficient (Wildman–Crippen LogP) is 4.65. The second-order valence-electron chi connectivity index (χ2n) is 5.47. The van der Waals surface area contributed by atoms with Gasteiger partial charge in [-0.1, -0.05) is 57.4 Å². The summed E-state index contributed by atoms with van der Waals surface area (Å²) >= 11 is 0. The third kappa shape index (κ3) is 2.82. The largest absolute Gasteiger partial charge is 0.294 e. The summed E-state index contributed by atoms with van der Waals surface area (Å²) in [6.07, 6.45) is 7.03. The summed E-state index contributed by atoms with van der Waals surface area (Å²) in [5.41, 5.74) is 2.22. The first kappa shape index (κ1) is 13.3.